The number of anilines is 2. The van der Waals surface area contributed by atoms with Gasteiger partial charge in [-0.3, -0.25) is 0 Å². The minimum Gasteiger partial charge on any atom is -0.358 e. The summed E-state index contributed by atoms with van der Waals surface area (Å²) < 4.78 is 0. The molecule has 0 fully saturated rings. The summed E-state index contributed by atoms with van der Waals surface area (Å²) in [6, 6.07) is 4.44. The maximum atomic E-state index is 9.01. The summed E-state index contributed by atoms with van der Waals surface area (Å²) in [5.41, 5.74) is 0. The van der Waals surface area contributed by atoms with E-state index in [1.165, 1.54) is 4.88 Å². The summed E-state index contributed by atoms with van der Waals surface area (Å²) in [4.78, 5) is 13.6. The van der Waals surface area contributed by atoms with Crippen molar-refractivity contribution >= 4 is 33.3 Å². The molecule has 1 unspecified atom stereocenters. The molecule has 0 radical (unpaired) electrons. The zero-order valence-electron chi connectivity index (χ0n) is 13.0. The second-order valence-electron chi connectivity index (χ2n) is 5.10. The Morgan fingerprint density at radius 1 is 1.43 bits per heavy atom. The van der Waals surface area contributed by atoms with Crippen LogP contribution in [0, 0.1) is 17.2 Å². The van der Waals surface area contributed by atoms with Crippen molar-refractivity contribution in [3.05, 3.63) is 10.9 Å². The van der Waals surface area contributed by atoms with Gasteiger partial charge in [-0.25, -0.2) is 4.98 Å². The Morgan fingerprint density at radius 2 is 2.19 bits per heavy atom. The molecular weight excluding hydrogens is 282 g/mol. The monoisotopic (exact) mass is 303 g/mol. The molecule has 0 bridgehead atoms. The molecule has 2 heterocycles. The first-order chi connectivity index (χ1) is 10.1. The predicted octanol–water partition coefficient (Wildman–Crippen LogP) is 3.28. The maximum absolute atomic E-state index is 9.01. The molecule has 1 N–H and O–H groups in total. The van der Waals surface area contributed by atoms with Gasteiger partial charge in [0.1, 0.15) is 10.6 Å². The van der Waals surface area contributed by atoms with Gasteiger partial charge in [0.15, 0.2) is 0 Å². The number of nitrogens with one attached hydrogen (secondary N) is 1. The molecule has 21 heavy (non-hydrogen) atoms. The van der Waals surface area contributed by atoms with E-state index in [0.717, 1.165) is 29.0 Å². The summed E-state index contributed by atoms with van der Waals surface area (Å²) in [5, 5.41) is 13.3. The van der Waals surface area contributed by atoms with Gasteiger partial charge in [0, 0.05) is 25.0 Å². The molecule has 0 aliphatic rings. The maximum Gasteiger partial charge on any atom is 0.226 e. The van der Waals surface area contributed by atoms with Crippen molar-refractivity contribution in [2.45, 2.75) is 27.2 Å². The number of thiophene rings is 1. The van der Waals surface area contributed by atoms with Crippen LogP contribution in [-0.2, 0) is 6.42 Å². The second kappa shape index (κ2) is 6.72. The fourth-order valence-electron chi connectivity index (χ4n) is 2.20. The Bertz CT molecular complexity index is 658. The van der Waals surface area contributed by atoms with E-state index < -0.39 is 0 Å². The van der Waals surface area contributed by atoms with Crippen LogP contribution in [0.3, 0.4) is 0 Å². The van der Waals surface area contributed by atoms with Crippen LogP contribution in [0.4, 0.5) is 11.8 Å². The zero-order chi connectivity index (χ0) is 15.4. The van der Waals surface area contributed by atoms with Gasteiger partial charge in [-0.15, -0.1) is 11.3 Å². The Morgan fingerprint density at radius 3 is 2.81 bits per heavy atom. The lowest BCUT2D eigenvalue weighted by atomic mass is 10.2. The number of hydrogen-bond acceptors (Lipinski definition) is 6. The first-order valence-corrected chi connectivity index (χ1v) is 8.05. The number of hydrogen-bond donors (Lipinski definition) is 1. The highest BCUT2D eigenvalue weighted by molar-refractivity contribution is 7.18. The van der Waals surface area contributed by atoms with Gasteiger partial charge >= 0.3 is 0 Å². The zero-order valence-corrected chi connectivity index (χ0v) is 13.8. The van der Waals surface area contributed by atoms with Gasteiger partial charge in [-0.1, -0.05) is 6.92 Å². The van der Waals surface area contributed by atoms with Crippen LogP contribution in [0.1, 0.15) is 25.6 Å². The minimum atomic E-state index is -0.0353. The van der Waals surface area contributed by atoms with Gasteiger partial charge in [-0.05, 0) is 26.3 Å². The number of nitrogens with zero attached hydrogens (tertiary/aromatic N) is 4. The topological polar surface area (TPSA) is 64.8 Å². The average Bonchev–Trinajstić information content (AvgIpc) is 2.89. The van der Waals surface area contributed by atoms with Gasteiger partial charge in [0.05, 0.1) is 17.4 Å². The molecule has 0 aliphatic carbocycles. The van der Waals surface area contributed by atoms with Gasteiger partial charge in [0.25, 0.3) is 0 Å². The van der Waals surface area contributed by atoms with Crippen molar-refractivity contribution in [1.82, 2.24) is 9.97 Å². The van der Waals surface area contributed by atoms with Crippen molar-refractivity contribution in [2.75, 3.05) is 30.4 Å². The van der Waals surface area contributed by atoms with Crippen molar-refractivity contribution < 1.29 is 0 Å². The normalized spacial score (nSPS) is 12.1. The molecule has 2 rings (SSSR count). The van der Waals surface area contributed by atoms with Crippen molar-refractivity contribution in [2.24, 2.45) is 5.92 Å². The number of rotatable bonds is 6. The summed E-state index contributed by atoms with van der Waals surface area (Å²) in [7, 11) is 1.98. The molecule has 1 atom stereocenters. The van der Waals surface area contributed by atoms with Crippen molar-refractivity contribution in [1.29, 1.82) is 5.26 Å². The third-order valence-electron chi connectivity index (χ3n) is 3.24. The van der Waals surface area contributed by atoms with Crippen LogP contribution in [0.15, 0.2) is 6.07 Å². The van der Waals surface area contributed by atoms with E-state index in [0.29, 0.717) is 12.5 Å². The van der Waals surface area contributed by atoms with Crippen LogP contribution in [0.5, 0.6) is 0 Å². The third kappa shape index (κ3) is 3.42. The van der Waals surface area contributed by atoms with Crippen LogP contribution >= 0.6 is 11.3 Å². The molecule has 0 saturated carbocycles. The molecule has 0 aliphatic heterocycles. The van der Waals surface area contributed by atoms with E-state index in [2.05, 4.69) is 34.3 Å². The minimum absolute atomic E-state index is 0.0353. The van der Waals surface area contributed by atoms with Gasteiger partial charge in [0.2, 0.25) is 5.95 Å². The number of aryl methyl sites for hydroxylation is 1. The van der Waals surface area contributed by atoms with Crippen LogP contribution in [0.25, 0.3) is 10.2 Å². The van der Waals surface area contributed by atoms with E-state index in [1.54, 1.807) is 11.3 Å². The highest BCUT2D eigenvalue weighted by Crippen LogP contribution is 2.32. The van der Waals surface area contributed by atoms with E-state index >= 15 is 0 Å². The SMILES string of the molecule is CCNc1nc(N(C)CC(C)C#N)c2cc(CC)sc2n1. The molecule has 0 spiro atoms. The Balaban J connectivity index is 2.47. The average molecular weight is 303 g/mol. The van der Waals surface area contributed by atoms with Gasteiger partial charge < -0.3 is 10.2 Å². The summed E-state index contributed by atoms with van der Waals surface area (Å²) in [6.45, 7) is 7.54. The summed E-state index contributed by atoms with van der Waals surface area (Å²) in [6.07, 6.45) is 0.995. The highest BCUT2D eigenvalue weighted by Gasteiger charge is 2.16. The van der Waals surface area contributed by atoms with Crippen LogP contribution < -0.4 is 10.2 Å². The smallest absolute Gasteiger partial charge is 0.226 e. The molecule has 2 aromatic heterocycles. The Hall–Kier alpha value is -1.87. The molecule has 2 aromatic rings. The van der Waals surface area contributed by atoms with Crippen LogP contribution in [0.2, 0.25) is 0 Å². The summed E-state index contributed by atoms with van der Waals surface area (Å²) >= 11 is 1.71. The highest BCUT2D eigenvalue weighted by atomic mass is 32.1. The third-order valence-corrected chi connectivity index (χ3v) is 4.41. The lowest BCUT2D eigenvalue weighted by Gasteiger charge is -2.20. The fraction of sp³-hybridized carbons (Fsp3) is 0.533. The standard InChI is InChI=1S/C15H21N5S/c1-5-11-7-12-13(20(4)9-10(3)8-16)18-15(17-6-2)19-14(12)21-11/h7,10H,5-6,9H2,1-4H3,(H,17,18,19). The van der Waals surface area contributed by atoms with Crippen molar-refractivity contribution in [3.8, 4) is 6.07 Å². The van der Waals surface area contributed by atoms with Crippen LogP contribution in [-0.4, -0.2) is 30.1 Å². The van der Waals surface area contributed by atoms with E-state index in [9.17, 15) is 0 Å². The lowest BCUT2D eigenvalue weighted by molar-refractivity contribution is 0.712. The van der Waals surface area contributed by atoms with E-state index in [4.69, 9.17) is 5.26 Å². The van der Waals surface area contributed by atoms with Gasteiger partial charge in [-0.2, -0.15) is 10.2 Å². The summed E-state index contributed by atoms with van der Waals surface area (Å²) in [5.74, 6) is 1.52. The molecule has 0 aromatic carbocycles. The molecule has 6 heteroatoms. The molecule has 0 amide bonds. The fourth-order valence-corrected chi connectivity index (χ4v) is 3.16. The van der Waals surface area contributed by atoms with Crippen molar-refractivity contribution in [3.63, 3.8) is 0 Å². The van der Waals surface area contributed by atoms with E-state index in [-0.39, 0.29) is 5.92 Å². The molecule has 5 nitrogen and oxygen atoms in total. The largest absolute Gasteiger partial charge is 0.358 e. The second-order valence-corrected chi connectivity index (χ2v) is 6.21. The number of nitriles is 1. The Labute approximate surface area is 129 Å². The first-order valence-electron chi connectivity index (χ1n) is 7.24. The molecule has 112 valence electrons. The predicted molar refractivity (Wildman–Crippen MR) is 89.0 cm³/mol. The number of fused-ring (bicyclic) bond motifs is 1. The lowest BCUT2D eigenvalue weighted by Crippen LogP contribution is -2.24. The number of aromatic nitrogens is 2. The molecule has 0 saturated heterocycles. The molecular formula is C15H21N5S. The van der Waals surface area contributed by atoms with E-state index in [1.807, 2.05) is 25.8 Å². The first kappa shape index (κ1) is 15.5. The Kier molecular flexibility index (Phi) is 4.97. The quantitative estimate of drug-likeness (QED) is 0.887.